The Morgan fingerprint density at radius 3 is 2.78 bits per heavy atom. The number of ether oxygens (including phenoxy) is 1. The summed E-state index contributed by atoms with van der Waals surface area (Å²) in [5.74, 6) is 0.342. The molecule has 1 N–H and O–H groups in total. The molecule has 0 radical (unpaired) electrons. The maximum atomic E-state index is 12.2. The van der Waals surface area contributed by atoms with E-state index in [2.05, 4.69) is 5.32 Å². The van der Waals surface area contributed by atoms with Gasteiger partial charge < -0.3 is 10.1 Å². The van der Waals surface area contributed by atoms with Crippen molar-refractivity contribution in [2.45, 2.75) is 31.5 Å². The minimum atomic E-state index is -4.07. The van der Waals surface area contributed by atoms with Gasteiger partial charge in [0.2, 0.25) is 0 Å². The Labute approximate surface area is 106 Å². The number of hydrogen-bond acceptors (Lipinski definition) is 3. The summed E-state index contributed by atoms with van der Waals surface area (Å²) in [6, 6.07) is 0.385. The first-order valence-electron chi connectivity index (χ1n) is 6.63. The Morgan fingerprint density at radius 1 is 1.28 bits per heavy atom. The maximum absolute atomic E-state index is 12.2. The van der Waals surface area contributed by atoms with E-state index in [4.69, 9.17) is 4.74 Å². The van der Waals surface area contributed by atoms with Gasteiger partial charge >= 0.3 is 6.18 Å². The Hall–Kier alpha value is -0.330. The van der Waals surface area contributed by atoms with Crippen LogP contribution in [0.25, 0.3) is 0 Å². The molecule has 2 fully saturated rings. The summed E-state index contributed by atoms with van der Waals surface area (Å²) < 4.78 is 42.1. The predicted molar refractivity (Wildman–Crippen MR) is 62.4 cm³/mol. The van der Waals surface area contributed by atoms with Gasteiger partial charge in [0, 0.05) is 19.2 Å². The molecule has 2 saturated heterocycles. The van der Waals surface area contributed by atoms with Crippen LogP contribution in [-0.2, 0) is 4.74 Å². The second-order valence-corrected chi connectivity index (χ2v) is 5.33. The second-order valence-electron chi connectivity index (χ2n) is 5.33. The zero-order chi connectivity index (χ0) is 13.0. The number of hydrogen-bond donors (Lipinski definition) is 1. The maximum Gasteiger partial charge on any atom is 0.401 e. The third kappa shape index (κ3) is 4.74. The molecule has 0 bridgehead atoms. The lowest BCUT2D eigenvalue weighted by molar-refractivity contribution is -0.143. The largest absolute Gasteiger partial charge is 0.401 e. The molecule has 106 valence electrons. The van der Waals surface area contributed by atoms with Crippen molar-refractivity contribution in [3.8, 4) is 0 Å². The number of likely N-dealkylation sites (tertiary alicyclic amines) is 1. The monoisotopic (exact) mass is 266 g/mol. The van der Waals surface area contributed by atoms with Crippen LogP contribution in [-0.4, -0.2) is 56.5 Å². The zero-order valence-corrected chi connectivity index (χ0v) is 10.5. The summed E-state index contributed by atoms with van der Waals surface area (Å²) in [7, 11) is 0. The molecule has 0 aromatic rings. The molecule has 3 nitrogen and oxygen atoms in total. The van der Waals surface area contributed by atoms with Gasteiger partial charge in [0.25, 0.3) is 0 Å². The Morgan fingerprint density at radius 2 is 2.11 bits per heavy atom. The second kappa shape index (κ2) is 6.21. The van der Waals surface area contributed by atoms with Crippen LogP contribution in [0.15, 0.2) is 0 Å². The molecular weight excluding hydrogens is 245 g/mol. The van der Waals surface area contributed by atoms with Gasteiger partial charge in [0.1, 0.15) is 0 Å². The molecule has 0 saturated carbocycles. The van der Waals surface area contributed by atoms with Gasteiger partial charge in [0.05, 0.1) is 13.2 Å². The fraction of sp³-hybridized carbons (Fsp3) is 1.00. The van der Waals surface area contributed by atoms with Crippen LogP contribution in [0.5, 0.6) is 0 Å². The van der Waals surface area contributed by atoms with Crippen molar-refractivity contribution in [3.05, 3.63) is 0 Å². The lowest BCUT2D eigenvalue weighted by Crippen LogP contribution is -2.40. The summed E-state index contributed by atoms with van der Waals surface area (Å²) in [6.07, 6.45) is -1.03. The Balaban J connectivity index is 1.63. The van der Waals surface area contributed by atoms with Crippen molar-refractivity contribution in [2.75, 3.05) is 39.4 Å². The smallest absolute Gasteiger partial charge is 0.380 e. The van der Waals surface area contributed by atoms with Crippen LogP contribution in [0, 0.1) is 5.92 Å². The summed E-state index contributed by atoms with van der Waals surface area (Å²) in [4.78, 5) is 1.50. The molecule has 2 atom stereocenters. The van der Waals surface area contributed by atoms with Crippen LogP contribution in [0.1, 0.15) is 19.3 Å². The summed E-state index contributed by atoms with van der Waals surface area (Å²) >= 11 is 0. The highest BCUT2D eigenvalue weighted by atomic mass is 19.4. The molecule has 0 amide bonds. The summed E-state index contributed by atoms with van der Waals surface area (Å²) in [5, 5.41) is 3.41. The van der Waals surface area contributed by atoms with E-state index in [1.807, 2.05) is 0 Å². The van der Waals surface area contributed by atoms with E-state index in [9.17, 15) is 13.2 Å². The molecule has 2 aliphatic rings. The third-order valence-corrected chi connectivity index (χ3v) is 3.63. The number of alkyl halides is 3. The van der Waals surface area contributed by atoms with Crippen molar-refractivity contribution >= 4 is 0 Å². The van der Waals surface area contributed by atoms with Crippen LogP contribution < -0.4 is 5.32 Å². The van der Waals surface area contributed by atoms with E-state index in [0.717, 1.165) is 39.0 Å². The standard InChI is InChI=1S/C12H21F3N2O/c13-12(14,15)9-17-4-3-10(7-17)6-16-11-2-1-5-18-8-11/h10-11,16H,1-9H2. The molecule has 2 aliphatic heterocycles. The van der Waals surface area contributed by atoms with Crippen LogP contribution in [0.2, 0.25) is 0 Å². The first-order chi connectivity index (χ1) is 8.53. The first kappa shape index (κ1) is 14.1. The van der Waals surface area contributed by atoms with E-state index in [1.54, 1.807) is 0 Å². The van der Waals surface area contributed by atoms with Gasteiger partial charge in [-0.1, -0.05) is 0 Å². The minimum absolute atomic E-state index is 0.342. The van der Waals surface area contributed by atoms with E-state index < -0.39 is 12.7 Å². The highest BCUT2D eigenvalue weighted by Crippen LogP contribution is 2.22. The number of halogens is 3. The fourth-order valence-corrected chi connectivity index (χ4v) is 2.71. The fourth-order valence-electron chi connectivity index (χ4n) is 2.71. The van der Waals surface area contributed by atoms with Crippen molar-refractivity contribution in [1.29, 1.82) is 0 Å². The van der Waals surface area contributed by atoms with Crippen LogP contribution in [0.3, 0.4) is 0 Å². The average Bonchev–Trinajstić information content (AvgIpc) is 2.73. The molecule has 6 heteroatoms. The van der Waals surface area contributed by atoms with Crippen molar-refractivity contribution in [3.63, 3.8) is 0 Å². The third-order valence-electron chi connectivity index (χ3n) is 3.63. The van der Waals surface area contributed by atoms with Crippen molar-refractivity contribution in [1.82, 2.24) is 10.2 Å². The molecule has 2 heterocycles. The number of rotatable bonds is 4. The lowest BCUT2D eigenvalue weighted by atomic mass is 10.1. The molecule has 0 aliphatic carbocycles. The summed E-state index contributed by atoms with van der Waals surface area (Å²) in [6.45, 7) is 2.73. The molecule has 2 rings (SSSR count). The average molecular weight is 266 g/mol. The van der Waals surface area contributed by atoms with Crippen molar-refractivity contribution in [2.24, 2.45) is 5.92 Å². The molecule has 0 aromatic carbocycles. The van der Waals surface area contributed by atoms with E-state index in [1.165, 1.54) is 4.90 Å². The lowest BCUT2D eigenvalue weighted by Gasteiger charge is -2.25. The Bertz CT molecular complexity index is 254. The molecule has 0 aromatic heterocycles. The number of nitrogens with zero attached hydrogens (tertiary/aromatic N) is 1. The van der Waals surface area contributed by atoms with Crippen LogP contribution >= 0.6 is 0 Å². The molecule has 2 unspecified atom stereocenters. The first-order valence-corrected chi connectivity index (χ1v) is 6.63. The topological polar surface area (TPSA) is 24.5 Å². The molecule has 0 spiro atoms. The Kier molecular flexibility index (Phi) is 4.86. The van der Waals surface area contributed by atoms with Crippen molar-refractivity contribution < 1.29 is 17.9 Å². The van der Waals surface area contributed by atoms with Gasteiger partial charge in [-0.05, 0) is 38.3 Å². The van der Waals surface area contributed by atoms with E-state index >= 15 is 0 Å². The van der Waals surface area contributed by atoms with Crippen LogP contribution in [0.4, 0.5) is 13.2 Å². The van der Waals surface area contributed by atoms with Gasteiger partial charge in [-0.25, -0.2) is 0 Å². The SMILES string of the molecule is FC(F)(F)CN1CCC(CNC2CCCOC2)C1. The van der Waals surface area contributed by atoms with Gasteiger partial charge in [-0.2, -0.15) is 13.2 Å². The van der Waals surface area contributed by atoms with E-state index in [-0.39, 0.29) is 0 Å². The highest BCUT2D eigenvalue weighted by molar-refractivity contribution is 4.80. The number of nitrogens with one attached hydrogen (secondary N) is 1. The molecule has 18 heavy (non-hydrogen) atoms. The quantitative estimate of drug-likeness (QED) is 0.837. The molecular formula is C12H21F3N2O. The van der Waals surface area contributed by atoms with Gasteiger partial charge in [0.15, 0.2) is 0 Å². The zero-order valence-electron chi connectivity index (χ0n) is 10.5. The summed E-state index contributed by atoms with van der Waals surface area (Å²) in [5.41, 5.74) is 0. The van der Waals surface area contributed by atoms with Gasteiger partial charge in [-0.15, -0.1) is 0 Å². The predicted octanol–water partition coefficient (Wildman–Crippen LogP) is 1.64. The highest BCUT2D eigenvalue weighted by Gasteiger charge is 2.34. The van der Waals surface area contributed by atoms with E-state index in [0.29, 0.717) is 25.0 Å². The normalized spacial score (nSPS) is 30.8. The minimum Gasteiger partial charge on any atom is -0.380 e. The van der Waals surface area contributed by atoms with Gasteiger partial charge in [-0.3, -0.25) is 4.90 Å².